The van der Waals surface area contributed by atoms with E-state index in [0.29, 0.717) is 29.5 Å². The van der Waals surface area contributed by atoms with E-state index >= 15 is 0 Å². The highest BCUT2D eigenvalue weighted by molar-refractivity contribution is 6.06. The summed E-state index contributed by atoms with van der Waals surface area (Å²) in [6.07, 6.45) is 0.182. The zero-order valence-electron chi connectivity index (χ0n) is 21.4. The molecule has 1 aliphatic heterocycles. The molecule has 39 heavy (non-hydrogen) atoms. The summed E-state index contributed by atoms with van der Waals surface area (Å²) < 4.78 is 29.8. The van der Waals surface area contributed by atoms with Crippen molar-refractivity contribution >= 4 is 17.5 Å². The minimum Gasteiger partial charge on any atom is -0.497 e. The Morgan fingerprint density at radius 2 is 1.59 bits per heavy atom. The first-order valence-corrected chi connectivity index (χ1v) is 12.4. The van der Waals surface area contributed by atoms with Crippen LogP contribution in [-0.4, -0.2) is 25.7 Å². The van der Waals surface area contributed by atoms with Gasteiger partial charge >= 0.3 is 0 Å². The van der Waals surface area contributed by atoms with Crippen molar-refractivity contribution in [2.45, 2.75) is 19.5 Å². The zero-order chi connectivity index (χ0) is 27.2. The number of benzene rings is 4. The first-order chi connectivity index (χ1) is 19.0. The molecule has 5 rings (SSSR count). The first-order valence-electron chi connectivity index (χ1n) is 12.4. The van der Waals surface area contributed by atoms with Crippen LogP contribution in [0.15, 0.2) is 91.0 Å². The van der Waals surface area contributed by atoms with Gasteiger partial charge < -0.3 is 24.4 Å². The largest absolute Gasteiger partial charge is 0.497 e. The number of fused-ring (bicyclic) bond motifs is 1. The summed E-state index contributed by atoms with van der Waals surface area (Å²) in [6, 6.07) is 25.8. The number of nitrogens with one attached hydrogen (secondary N) is 1. The smallest absolute Gasteiger partial charge is 0.258 e. The van der Waals surface area contributed by atoms with Crippen molar-refractivity contribution in [2.75, 3.05) is 18.8 Å². The molecule has 0 bridgehead atoms. The second-order valence-corrected chi connectivity index (χ2v) is 9.06. The Hall–Kier alpha value is -4.85. The highest BCUT2D eigenvalue weighted by Crippen LogP contribution is 2.32. The molecule has 4 aromatic carbocycles. The molecule has 2 amide bonds. The van der Waals surface area contributed by atoms with Crippen LogP contribution < -0.4 is 24.4 Å². The SMILES string of the molecule is COc1ccc(CN(C(=O)c2cccc(F)c2)c2ccc(CC(=O)NCc3ccc4c(c3)OCO4)cc2)cc1. The minimum absolute atomic E-state index is 0.133. The van der Waals surface area contributed by atoms with Crippen molar-refractivity contribution in [3.8, 4) is 17.2 Å². The molecule has 0 aromatic heterocycles. The normalized spacial score (nSPS) is 11.6. The third-order valence-corrected chi connectivity index (χ3v) is 6.36. The lowest BCUT2D eigenvalue weighted by Gasteiger charge is -2.24. The van der Waals surface area contributed by atoms with Crippen LogP contribution in [0, 0.1) is 5.82 Å². The standard InChI is InChI=1S/C31H27FN2O5/c1-37-27-12-7-22(8-13-27)19-34(31(36)24-3-2-4-25(32)17-24)26-10-5-21(6-11-26)16-30(35)33-18-23-9-14-28-29(15-23)39-20-38-28/h2-15,17H,16,18-20H2,1H3,(H,33,35). The molecule has 8 heteroatoms. The molecule has 198 valence electrons. The molecule has 0 radical (unpaired) electrons. The van der Waals surface area contributed by atoms with E-state index in [-0.39, 0.29) is 37.1 Å². The van der Waals surface area contributed by atoms with Crippen LogP contribution in [0.4, 0.5) is 10.1 Å². The molecule has 1 aliphatic rings. The van der Waals surface area contributed by atoms with Crippen LogP contribution in [0.1, 0.15) is 27.0 Å². The maximum absolute atomic E-state index is 13.9. The van der Waals surface area contributed by atoms with Gasteiger partial charge in [-0.05, 0) is 71.3 Å². The van der Waals surface area contributed by atoms with E-state index in [2.05, 4.69) is 5.32 Å². The van der Waals surface area contributed by atoms with Crippen molar-refractivity contribution in [2.24, 2.45) is 0 Å². The third kappa shape index (κ3) is 6.35. The van der Waals surface area contributed by atoms with Crippen molar-refractivity contribution in [1.82, 2.24) is 5.32 Å². The van der Waals surface area contributed by atoms with Gasteiger partial charge in [0.15, 0.2) is 11.5 Å². The van der Waals surface area contributed by atoms with Crippen LogP contribution in [0.2, 0.25) is 0 Å². The van der Waals surface area contributed by atoms with Crippen LogP contribution in [0.3, 0.4) is 0 Å². The summed E-state index contributed by atoms with van der Waals surface area (Å²) in [5.41, 5.74) is 3.46. The average molecular weight is 527 g/mol. The van der Waals surface area contributed by atoms with E-state index in [1.165, 1.54) is 18.2 Å². The summed E-state index contributed by atoms with van der Waals surface area (Å²) in [6.45, 7) is 0.840. The quantitative estimate of drug-likeness (QED) is 0.322. The van der Waals surface area contributed by atoms with Gasteiger partial charge in [-0.1, -0.05) is 36.4 Å². The molecule has 1 N–H and O–H groups in total. The molecule has 4 aromatic rings. The van der Waals surface area contributed by atoms with Gasteiger partial charge in [0.1, 0.15) is 11.6 Å². The van der Waals surface area contributed by atoms with E-state index in [1.54, 1.807) is 30.2 Å². The summed E-state index contributed by atoms with van der Waals surface area (Å²) in [7, 11) is 1.59. The molecule has 0 fully saturated rings. The van der Waals surface area contributed by atoms with Crippen molar-refractivity contribution in [3.63, 3.8) is 0 Å². The number of nitrogens with zero attached hydrogens (tertiary/aromatic N) is 1. The highest BCUT2D eigenvalue weighted by Gasteiger charge is 2.19. The second kappa shape index (κ2) is 11.7. The van der Waals surface area contributed by atoms with Crippen molar-refractivity contribution in [1.29, 1.82) is 0 Å². The maximum atomic E-state index is 13.9. The number of methoxy groups -OCH3 is 1. The Morgan fingerprint density at radius 3 is 2.33 bits per heavy atom. The Bertz CT molecular complexity index is 1470. The molecule has 0 aliphatic carbocycles. The summed E-state index contributed by atoms with van der Waals surface area (Å²) >= 11 is 0. The number of carbonyl (C=O) groups excluding carboxylic acids is 2. The van der Waals surface area contributed by atoms with Gasteiger partial charge in [-0.15, -0.1) is 0 Å². The lowest BCUT2D eigenvalue weighted by Crippen LogP contribution is -2.30. The summed E-state index contributed by atoms with van der Waals surface area (Å²) in [5.74, 6) is 1.13. The van der Waals surface area contributed by atoms with Crippen LogP contribution in [0.25, 0.3) is 0 Å². The first kappa shape index (κ1) is 25.8. The van der Waals surface area contributed by atoms with E-state index in [0.717, 1.165) is 16.7 Å². The van der Waals surface area contributed by atoms with Crippen molar-refractivity contribution < 1.29 is 28.2 Å². The number of anilines is 1. The third-order valence-electron chi connectivity index (χ3n) is 6.36. The summed E-state index contributed by atoms with van der Waals surface area (Å²) in [5, 5.41) is 2.92. The Balaban J connectivity index is 1.28. The summed E-state index contributed by atoms with van der Waals surface area (Å²) in [4.78, 5) is 27.6. The Kier molecular flexibility index (Phi) is 7.73. The molecule has 1 heterocycles. The van der Waals surface area contributed by atoms with Gasteiger partial charge in [0.25, 0.3) is 5.91 Å². The highest BCUT2D eigenvalue weighted by atomic mass is 19.1. The number of ether oxygens (including phenoxy) is 3. The zero-order valence-corrected chi connectivity index (χ0v) is 21.4. The fourth-order valence-corrected chi connectivity index (χ4v) is 4.26. The predicted molar refractivity (Wildman–Crippen MR) is 144 cm³/mol. The Morgan fingerprint density at radius 1 is 0.872 bits per heavy atom. The van der Waals surface area contributed by atoms with Crippen molar-refractivity contribution in [3.05, 3.63) is 119 Å². The van der Waals surface area contributed by atoms with E-state index in [4.69, 9.17) is 14.2 Å². The van der Waals surface area contributed by atoms with E-state index < -0.39 is 5.82 Å². The average Bonchev–Trinajstić information content (AvgIpc) is 3.43. The van der Waals surface area contributed by atoms with Gasteiger partial charge in [-0.25, -0.2) is 4.39 Å². The van der Waals surface area contributed by atoms with Gasteiger partial charge in [0, 0.05) is 17.8 Å². The Labute approximate surface area is 225 Å². The molecule has 0 saturated heterocycles. The predicted octanol–water partition coefficient (Wildman–Crippen LogP) is 5.27. The lowest BCUT2D eigenvalue weighted by atomic mass is 10.1. The topological polar surface area (TPSA) is 77.1 Å². The molecular formula is C31H27FN2O5. The molecular weight excluding hydrogens is 499 g/mol. The maximum Gasteiger partial charge on any atom is 0.258 e. The molecule has 0 atom stereocenters. The van der Waals surface area contributed by atoms with Gasteiger partial charge in [0.05, 0.1) is 20.1 Å². The number of rotatable bonds is 9. The molecule has 0 saturated carbocycles. The molecule has 7 nitrogen and oxygen atoms in total. The van der Waals surface area contributed by atoms with E-state index in [9.17, 15) is 14.0 Å². The molecule has 0 spiro atoms. The van der Waals surface area contributed by atoms with Crippen LogP contribution in [-0.2, 0) is 24.3 Å². The number of hydrogen-bond donors (Lipinski definition) is 1. The van der Waals surface area contributed by atoms with Gasteiger partial charge in [0.2, 0.25) is 12.7 Å². The monoisotopic (exact) mass is 526 g/mol. The van der Waals surface area contributed by atoms with Gasteiger partial charge in [-0.3, -0.25) is 9.59 Å². The fourth-order valence-electron chi connectivity index (χ4n) is 4.26. The lowest BCUT2D eigenvalue weighted by molar-refractivity contribution is -0.120. The second-order valence-electron chi connectivity index (χ2n) is 9.06. The number of amides is 2. The van der Waals surface area contributed by atoms with Gasteiger partial charge in [-0.2, -0.15) is 0 Å². The fraction of sp³-hybridized carbons (Fsp3) is 0.161. The van der Waals surface area contributed by atoms with Crippen LogP contribution >= 0.6 is 0 Å². The number of halogens is 1. The number of carbonyl (C=O) groups is 2. The van der Waals surface area contributed by atoms with Crippen LogP contribution in [0.5, 0.6) is 17.2 Å². The molecule has 0 unspecified atom stereocenters. The number of hydrogen-bond acceptors (Lipinski definition) is 5. The van der Waals surface area contributed by atoms with E-state index in [1.807, 2.05) is 54.6 Å². The minimum atomic E-state index is -0.479.